The van der Waals surface area contributed by atoms with Crippen molar-refractivity contribution in [2.24, 2.45) is 0 Å². The largest absolute Gasteiger partial charge is 0.437 e. The van der Waals surface area contributed by atoms with Crippen molar-refractivity contribution in [1.82, 2.24) is 0 Å². The van der Waals surface area contributed by atoms with E-state index in [1.165, 1.54) is 12.5 Å². The second-order valence-corrected chi connectivity index (χ2v) is 1.29. The average molecular weight is 116 g/mol. The van der Waals surface area contributed by atoms with E-state index < -0.39 is 6.48 Å². The van der Waals surface area contributed by atoms with Crippen LogP contribution < -0.4 is 0 Å². The molecule has 0 amide bonds. The second kappa shape index (κ2) is 2.57. The van der Waals surface area contributed by atoms with Crippen LogP contribution in [0.15, 0.2) is 12.5 Å². The predicted octanol–water partition coefficient (Wildman–Crippen LogP) is 0.825. The first-order valence-electron chi connectivity index (χ1n) is 2.51. The fourth-order valence-electron chi connectivity index (χ4n) is 0.439. The number of ether oxygens (including phenoxy) is 3. The van der Waals surface area contributed by atoms with E-state index in [2.05, 4.69) is 0 Å². The molecule has 8 heavy (non-hydrogen) atoms. The maximum atomic E-state index is 4.90. The first kappa shape index (κ1) is 5.44. The van der Waals surface area contributed by atoms with Crippen LogP contribution in [-0.2, 0) is 14.2 Å². The van der Waals surface area contributed by atoms with Crippen molar-refractivity contribution in [3.05, 3.63) is 12.5 Å². The minimum atomic E-state index is -0.500. The van der Waals surface area contributed by atoms with E-state index in [1.807, 2.05) is 6.92 Å². The van der Waals surface area contributed by atoms with E-state index in [0.29, 0.717) is 6.61 Å². The summed E-state index contributed by atoms with van der Waals surface area (Å²) < 4.78 is 14.4. The van der Waals surface area contributed by atoms with Crippen LogP contribution in [0.4, 0.5) is 0 Å². The molecule has 1 rings (SSSR count). The maximum absolute atomic E-state index is 4.90. The van der Waals surface area contributed by atoms with Crippen molar-refractivity contribution in [3.8, 4) is 0 Å². The number of hydrogen-bond acceptors (Lipinski definition) is 3. The molecule has 0 spiro atoms. The third-order valence-electron chi connectivity index (χ3n) is 0.738. The molecule has 0 fully saturated rings. The van der Waals surface area contributed by atoms with Gasteiger partial charge in [-0.25, -0.2) is 0 Å². The molecule has 0 aromatic rings. The SMILES string of the molecule is CCOC1OC=CO1. The van der Waals surface area contributed by atoms with Gasteiger partial charge in [0, 0.05) is 0 Å². The summed E-state index contributed by atoms with van der Waals surface area (Å²) in [5.41, 5.74) is 0. The summed E-state index contributed by atoms with van der Waals surface area (Å²) in [5.74, 6) is 0. The Morgan fingerprint density at radius 2 is 2.12 bits per heavy atom. The molecule has 1 aliphatic heterocycles. The van der Waals surface area contributed by atoms with Crippen molar-refractivity contribution in [2.45, 2.75) is 13.4 Å². The van der Waals surface area contributed by atoms with Gasteiger partial charge in [-0.2, -0.15) is 0 Å². The normalized spacial score (nSPS) is 18.1. The zero-order chi connectivity index (χ0) is 5.82. The monoisotopic (exact) mass is 116 g/mol. The van der Waals surface area contributed by atoms with E-state index in [0.717, 1.165) is 0 Å². The minimum Gasteiger partial charge on any atom is -0.437 e. The molecule has 0 aliphatic carbocycles. The minimum absolute atomic E-state index is 0.500. The van der Waals surface area contributed by atoms with Crippen molar-refractivity contribution in [1.29, 1.82) is 0 Å². The van der Waals surface area contributed by atoms with Crippen molar-refractivity contribution in [3.63, 3.8) is 0 Å². The van der Waals surface area contributed by atoms with Gasteiger partial charge in [0.1, 0.15) is 12.5 Å². The highest BCUT2D eigenvalue weighted by Crippen LogP contribution is 2.04. The molecular formula is C5H8O3. The average Bonchev–Trinajstić information content (AvgIpc) is 2.19. The first-order valence-corrected chi connectivity index (χ1v) is 2.51. The molecule has 1 aliphatic rings. The third kappa shape index (κ3) is 1.13. The van der Waals surface area contributed by atoms with Crippen LogP contribution in [0.3, 0.4) is 0 Å². The molecule has 3 nitrogen and oxygen atoms in total. The molecule has 0 atom stereocenters. The van der Waals surface area contributed by atoms with Gasteiger partial charge in [-0.3, -0.25) is 0 Å². The summed E-state index contributed by atoms with van der Waals surface area (Å²) in [7, 11) is 0. The van der Waals surface area contributed by atoms with E-state index in [-0.39, 0.29) is 0 Å². The van der Waals surface area contributed by atoms with Gasteiger partial charge in [0.2, 0.25) is 0 Å². The van der Waals surface area contributed by atoms with Gasteiger partial charge in [0.25, 0.3) is 0 Å². The lowest BCUT2D eigenvalue weighted by Crippen LogP contribution is -2.11. The fraction of sp³-hybridized carbons (Fsp3) is 0.600. The summed E-state index contributed by atoms with van der Waals surface area (Å²) in [5, 5.41) is 0. The van der Waals surface area contributed by atoms with Crippen molar-refractivity contribution in [2.75, 3.05) is 6.61 Å². The van der Waals surface area contributed by atoms with Crippen molar-refractivity contribution < 1.29 is 14.2 Å². The smallest absolute Gasteiger partial charge is 0.359 e. The zero-order valence-corrected chi connectivity index (χ0v) is 4.66. The van der Waals surface area contributed by atoms with Crippen LogP contribution >= 0.6 is 0 Å². The fourth-order valence-corrected chi connectivity index (χ4v) is 0.439. The highest BCUT2D eigenvalue weighted by atomic mass is 16.9. The highest BCUT2D eigenvalue weighted by Gasteiger charge is 2.09. The lowest BCUT2D eigenvalue weighted by atomic mass is 10.9. The van der Waals surface area contributed by atoms with E-state index >= 15 is 0 Å². The van der Waals surface area contributed by atoms with Crippen LogP contribution in [-0.4, -0.2) is 13.1 Å². The third-order valence-corrected chi connectivity index (χ3v) is 0.738. The quantitative estimate of drug-likeness (QED) is 0.534. The number of hydrogen-bond donors (Lipinski definition) is 0. The topological polar surface area (TPSA) is 27.7 Å². The molecule has 0 N–H and O–H groups in total. The Morgan fingerprint density at radius 3 is 2.62 bits per heavy atom. The molecule has 0 unspecified atom stereocenters. The molecule has 0 aromatic heterocycles. The molecule has 0 aromatic carbocycles. The molecule has 3 heteroatoms. The first-order chi connectivity index (χ1) is 3.93. The van der Waals surface area contributed by atoms with Gasteiger partial charge in [-0.1, -0.05) is 0 Å². The van der Waals surface area contributed by atoms with Crippen molar-refractivity contribution >= 4 is 0 Å². The summed E-state index contributed by atoms with van der Waals surface area (Å²) in [6.45, 7) is 1.98. The molecule has 0 bridgehead atoms. The molecule has 1 heterocycles. The molecule has 0 saturated heterocycles. The van der Waals surface area contributed by atoms with Gasteiger partial charge in [-0.05, 0) is 6.92 Å². The second-order valence-electron chi connectivity index (χ2n) is 1.29. The van der Waals surface area contributed by atoms with Gasteiger partial charge < -0.3 is 14.2 Å². The van der Waals surface area contributed by atoms with Gasteiger partial charge in [0.15, 0.2) is 0 Å². The summed E-state index contributed by atoms with van der Waals surface area (Å²) in [6, 6.07) is 0. The van der Waals surface area contributed by atoms with E-state index in [1.54, 1.807) is 0 Å². The Kier molecular flexibility index (Phi) is 1.75. The molecule has 46 valence electrons. The standard InChI is InChI=1S/C5H8O3/c1-2-6-5-7-3-4-8-5/h3-5H,2H2,1H3. The van der Waals surface area contributed by atoms with Crippen LogP contribution in [0.5, 0.6) is 0 Å². The summed E-state index contributed by atoms with van der Waals surface area (Å²) >= 11 is 0. The van der Waals surface area contributed by atoms with Gasteiger partial charge in [0.05, 0.1) is 6.61 Å². The van der Waals surface area contributed by atoms with Gasteiger partial charge in [-0.15, -0.1) is 0 Å². The zero-order valence-electron chi connectivity index (χ0n) is 4.66. The van der Waals surface area contributed by atoms with Gasteiger partial charge >= 0.3 is 6.48 Å². The van der Waals surface area contributed by atoms with Crippen LogP contribution in [0.2, 0.25) is 0 Å². The summed E-state index contributed by atoms with van der Waals surface area (Å²) in [6.07, 6.45) is 2.92. The van der Waals surface area contributed by atoms with Crippen LogP contribution in [0.25, 0.3) is 0 Å². The Labute approximate surface area is 47.8 Å². The highest BCUT2D eigenvalue weighted by molar-refractivity contribution is 4.66. The maximum Gasteiger partial charge on any atom is 0.359 e. The number of rotatable bonds is 2. The Hall–Kier alpha value is -0.700. The van der Waals surface area contributed by atoms with Crippen LogP contribution in [0, 0.1) is 0 Å². The Morgan fingerprint density at radius 1 is 1.50 bits per heavy atom. The van der Waals surface area contributed by atoms with E-state index in [9.17, 15) is 0 Å². The molecular weight excluding hydrogens is 108 g/mol. The lowest BCUT2D eigenvalue weighted by Gasteiger charge is -2.07. The van der Waals surface area contributed by atoms with Crippen LogP contribution in [0.1, 0.15) is 6.92 Å². The Bertz CT molecular complexity index is 81.7. The predicted molar refractivity (Wildman–Crippen MR) is 26.7 cm³/mol. The molecule has 0 radical (unpaired) electrons. The summed E-state index contributed by atoms with van der Waals surface area (Å²) in [4.78, 5) is 0. The Balaban J connectivity index is 2.10. The lowest BCUT2D eigenvalue weighted by molar-refractivity contribution is -0.216. The van der Waals surface area contributed by atoms with E-state index in [4.69, 9.17) is 14.2 Å². The molecule has 0 saturated carbocycles.